The Labute approximate surface area is 160 Å². The van der Waals surface area contributed by atoms with Crippen LogP contribution in [0.25, 0.3) is 0 Å². The number of aliphatic carboxylic acids is 1. The third-order valence-corrected chi connectivity index (χ3v) is 6.27. The van der Waals surface area contributed by atoms with Crippen molar-refractivity contribution in [3.8, 4) is 0 Å². The number of aryl methyl sites for hydroxylation is 1. The van der Waals surface area contributed by atoms with Crippen molar-refractivity contribution in [2.75, 3.05) is 18.4 Å². The van der Waals surface area contributed by atoms with Gasteiger partial charge in [-0.1, -0.05) is 18.7 Å². The number of aromatic nitrogens is 1. The minimum absolute atomic E-state index is 0.177. The molecule has 2 aromatic rings. The van der Waals surface area contributed by atoms with E-state index in [1.165, 1.54) is 0 Å². The molecule has 0 radical (unpaired) electrons. The van der Waals surface area contributed by atoms with E-state index in [2.05, 4.69) is 10.3 Å². The quantitative estimate of drug-likeness (QED) is 0.817. The number of amides is 2. The third-order valence-electron chi connectivity index (χ3n) is 4.20. The Kier molecular flexibility index (Phi) is 5.83. The second kappa shape index (κ2) is 8.09. The fourth-order valence-corrected chi connectivity index (χ4v) is 4.79. The van der Waals surface area contributed by atoms with Crippen LogP contribution >= 0.6 is 23.1 Å². The van der Waals surface area contributed by atoms with Crippen LogP contribution in [-0.4, -0.2) is 40.1 Å². The molecule has 0 aliphatic carbocycles. The fourth-order valence-electron chi connectivity index (χ4n) is 2.99. The minimum atomic E-state index is -0.840. The van der Waals surface area contributed by atoms with Gasteiger partial charge in [-0.2, -0.15) is 0 Å². The van der Waals surface area contributed by atoms with Crippen molar-refractivity contribution < 1.29 is 14.7 Å². The molecule has 6 nitrogen and oxygen atoms in total. The number of carbonyl (C=O) groups excluding carboxylic acids is 1. The normalized spacial score (nSPS) is 20.0. The van der Waals surface area contributed by atoms with E-state index in [4.69, 9.17) is 0 Å². The highest BCUT2D eigenvalue weighted by Crippen LogP contribution is 2.31. The lowest BCUT2D eigenvalue weighted by atomic mass is 9.91. The number of nitrogens with zero attached hydrogens (tertiary/aromatic N) is 2. The molecule has 0 spiro atoms. The van der Waals surface area contributed by atoms with Gasteiger partial charge in [0.1, 0.15) is 0 Å². The maximum atomic E-state index is 12.5. The van der Waals surface area contributed by atoms with E-state index in [1.807, 2.05) is 43.5 Å². The summed E-state index contributed by atoms with van der Waals surface area (Å²) in [4.78, 5) is 30.8. The molecule has 1 saturated heterocycles. The summed E-state index contributed by atoms with van der Waals surface area (Å²) in [5, 5.41) is 14.1. The van der Waals surface area contributed by atoms with E-state index in [0.717, 1.165) is 14.9 Å². The van der Waals surface area contributed by atoms with Gasteiger partial charge in [-0.25, -0.2) is 9.78 Å². The molecule has 138 valence electrons. The first kappa shape index (κ1) is 18.7. The summed E-state index contributed by atoms with van der Waals surface area (Å²) in [5.74, 6) is -1.16. The summed E-state index contributed by atoms with van der Waals surface area (Å²) in [6.07, 6.45) is 0.612. The van der Waals surface area contributed by atoms with Crippen molar-refractivity contribution in [1.29, 1.82) is 0 Å². The molecular weight excluding hydrogens is 370 g/mol. The molecule has 26 heavy (non-hydrogen) atoms. The summed E-state index contributed by atoms with van der Waals surface area (Å²) >= 11 is 3.20. The molecule has 2 N–H and O–H groups in total. The molecule has 3 rings (SSSR count). The Morgan fingerprint density at radius 3 is 2.65 bits per heavy atom. The van der Waals surface area contributed by atoms with E-state index in [1.54, 1.807) is 28.0 Å². The summed E-state index contributed by atoms with van der Waals surface area (Å²) in [6, 6.07) is 7.33. The standard InChI is InChI=1S/C18H21N3O3S2/c1-11-7-13(16(22)23)9-21(8-11)17(24)20-14-3-5-15(6-4-14)26-18-19-12(2)10-25-18/h3-6,10-11,13H,7-9H2,1-2H3,(H,20,24)(H,22,23). The number of urea groups is 1. The molecule has 1 fully saturated rings. The Morgan fingerprint density at radius 2 is 2.04 bits per heavy atom. The Bertz CT molecular complexity index is 791. The number of thiazole rings is 1. The van der Waals surface area contributed by atoms with Crippen LogP contribution in [0.3, 0.4) is 0 Å². The van der Waals surface area contributed by atoms with Crippen LogP contribution in [0.2, 0.25) is 0 Å². The van der Waals surface area contributed by atoms with Gasteiger partial charge in [0.15, 0.2) is 4.34 Å². The van der Waals surface area contributed by atoms with Crippen LogP contribution in [0.5, 0.6) is 0 Å². The van der Waals surface area contributed by atoms with Gasteiger partial charge in [-0.05, 0) is 43.5 Å². The number of anilines is 1. The van der Waals surface area contributed by atoms with Gasteiger partial charge in [0.2, 0.25) is 0 Å². The zero-order valence-corrected chi connectivity index (χ0v) is 16.3. The highest BCUT2D eigenvalue weighted by atomic mass is 32.2. The van der Waals surface area contributed by atoms with Crippen LogP contribution in [0.15, 0.2) is 38.9 Å². The average molecular weight is 392 g/mol. The predicted molar refractivity (Wildman–Crippen MR) is 103 cm³/mol. The van der Waals surface area contributed by atoms with E-state index in [9.17, 15) is 14.7 Å². The van der Waals surface area contributed by atoms with Gasteiger partial charge < -0.3 is 15.3 Å². The molecule has 1 aromatic carbocycles. The monoisotopic (exact) mass is 391 g/mol. The minimum Gasteiger partial charge on any atom is -0.481 e. The number of nitrogens with one attached hydrogen (secondary N) is 1. The van der Waals surface area contributed by atoms with Crippen molar-refractivity contribution in [3.63, 3.8) is 0 Å². The van der Waals surface area contributed by atoms with Gasteiger partial charge >= 0.3 is 12.0 Å². The van der Waals surface area contributed by atoms with Crippen molar-refractivity contribution in [2.24, 2.45) is 11.8 Å². The number of piperidine rings is 1. The van der Waals surface area contributed by atoms with Crippen LogP contribution in [0, 0.1) is 18.8 Å². The number of carboxylic acids is 1. The van der Waals surface area contributed by atoms with Crippen molar-refractivity contribution in [1.82, 2.24) is 9.88 Å². The molecule has 8 heteroatoms. The van der Waals surface area contributed by atoms with Gasteiger partial charge in [0.25, 0.3) is 0 Å². The van der Waals surface area contributed by atoms with Crippen LogP contribution < -0.4 is 5.32 Å². The first-order valence-electron chi connectivity index (χ1n) is 8.39. The van der Waals surface area contributed by atoms with Crippen LogP contribution in [0.4, 0.5) is 10.5 Å². The van der Waals surface area contributed by atoms with E-state index >= 15 is 0 Å². The summed E-state index contributed by atoms with van der Waals surface area (Å²) in [5.41, 5.74) is 1.71. The molecule has 1 aromatic heterocycles. The maximum absolute atomic E-state index is 12.5. The smallest absolute Gasteiger partial charge is 0.321 e. The maximum Gasteiger partial charge on any atom is 0.321 e. The van der Waals surface area contributed by atoms with E-state index in [-0.39, 0.29) is 18.5 Å². The van der Waals surface area contributed by atoms with Crippen molar-refractivity contribution in [3.05, 3.63) is 35.3 Å². The highest BCUT2D eigenvalue weighted by molar-refractivity contribution is 8.01. The molecule has 2 atom stereocenters. The Hall–Kier alpha value is -2.06. The third kappa shape index (κ3) is 4.76. The Balaban J connectivity index is 1.59. The van der Waals surface area contributed by atoms with Crippen molar-refractivity contribution in [2.45, 2.75) is 29.5 Å². The van der Waals surface area contributed by atoms with Gasteiger partial charge in [-0.15, -0.1) is 11.3 Å². The van der Waals surface area contributed by atoms with Gasteiger partial charge in [-0.3, -0.25) is 4.79 Å². The molecule has 0 saturated carbocycles. The topological polar surface area (TPSA) is 82.5 Å². The van der Waals surface area contributed by atoms with Crippen molar-refractivity contribution >= 4 is 40.8 Å². The number of carboxylic acid groups (broad SMARTS) is 1. The summed E-state index contributed by atoms with van der Waals surface area (Å²) in [7, 11) is 0. The number of benzene rings is 1. The fraction of sp³-hybridized carbons (Fsp3) is 0.389. The first-order valence-corrected chi connectivity index (χ1v) is 10.1. The molecule has 1 aliphatic rings. The number of rotatable bonds is 4. The number of hydrogen-bond donors (Lipinski definition) is 2. The largest absolute Gasteiger partial charge is 0.481 e. The molecule has 2 unspecified atom stereocenters. The zero-order valence-electron chi connectivity index (χ0n) is 14.6. The molecular formula is C18H21N3O3S2. The highest BCUT2D eigenvalue weighted by Gasteiger charge is 2.31. The molecule has 2 heterocycles. The predicted octanol–water partition coefficient (Wildman–Crippen LogP) is 4.18. The second-order valence-corrected chi connectivity index (χ2v) is 8.77. The van der Waals surface area contributed by atoms with E-state index < -0.39 is 11.9 Å². The molecule has 2 amide bonds. The van der Waals surface area contributed by atoms with Gasteiger partial charge in [0, 0.05) is 34.7 Å². The second-order valence-electron chi connectivity index (χ2n) is 6.59. The molecule has 1 aliphatic heterocycles. The number of hydrogen-bond acceptors (Lipinski definition) is 5. The van der Waals surface area contributed by atoms with Gasteiger partial charge in [0.05, 0.1) is 5.92 Å². The summed E-state index contributed by atoms with van der Waals surface area (Å²) in [6.45, 7) is 4.77. The lowest BCUT2D eigenvalue weighted by Gasteiger charge is -2.34. The van der Waals surface area contributed by atoms with E-state index in [0.29, 0.717) is 18.7 Å². The lowest BCUT2D eigenvalue weighted by Crippen LogP contribution is -2.47. The SMILES string of the molecule is Cc1csc(Sc2ccc(NC(=O)N3CC(C)CC(C(=O)O)C3)cc2)n1. The van der Waals surface area contributed by atoms with Crippen LogP contribution in [0.1, 0.15) is 19.0 Å². The lowest BCUT2D eigenvalue weighted by molar-refractivity contribution is -0.143. The number of likely N-dealkylation sites (tertiary alicyclic amines) is 1. The Morgan fingerprint density at radius 1 is 1.31 bits per heavy atom. The van der Waals surface area contributed by atoms with Crippen LogP contribution in [-0.2, 0) is 4.79 Å². The summed E-state index contributed by atoms with van der Waals surface area (Å²) < 4.78 is 0.987. The number of carbonyl (C=O) groups is 2. The first-order chi connectivity index (χ1) is 12.4. The average Bonchev–Trinajstić information content (AvgIpc) is 3.01. The molecule has 0 bridgehead atoms. The zero-order chi connectivity index (χ0) is 18.7.